The smallest absolute Gasteiger partial charge is 0.193 e. The Morgan fingerprint density at radius 2 is 1.87 bits per heavy atom. The van der Waals surface area contributed by atoms with Crippen LogP contribution in [0.4, 0.5) is 0 Å². The van der Waals surface area contributed by atoms with Crippen LogP contribution in [-0.4, -0.2) is 55.5 Å². The molecular formula is C19H30N4. The molecule has 4 heteroatoms. The molecule has 23 heavy (non-hydrogen) atoms. The van der Waals surface area contributed by atoms with Gasteiger partial charge in [0.1, 0.15) is 0 Å². The Hall–Kier alpha value is -1.55. The molecule has 0 amide bonds. The largest absolute Gasteiger partial charge is 0.356 e. The molecule has 0 radical (unpaired) electrons. The standard InChI is InChI=1S/C19H30N4/c1-20-19(21-11-5-8-17-9-10-17)23-14-12-22(13-15-23)16-18-6-3-2-4-7-18/h2-4,6-7,17H,5,8-16H2,1H3,(H,20,21). The summed E-state index contributed by atoms with van der Waals surface area (Å²) < 4.78 is 0. The van der Waals surface area contributed by atoms with E-state index in [9.17, 15) is 0 Å². The molecule has 0 spiro atoms. The summed E-state index contributed by atoms with van der Waals surface area (Å²) in [7, 11) is 1.90. The third kappa shape index (κ3) is 5.24. The average Bonchev–Trinajstić information content (AvgIpc) is 3.41. The molecule has 0 aromatic heterocycles. The Morgan fingerprint density at radius 3 is 2.52 bits per heavy atom. The highest BCUT2D eigenvalue weighted by atomic mass is 15.3. The number of aliphatic imine (C=N–C) groups is 1. The van der Waals surface area contributed by atoms with E-state index in [4.69, 9.17) is 0 Å². The fraction of sp³-hybridized carbons (Fsp3) is 0.632. The highest BCUT2D eigenvalue weighted by molar-refractivity contribution is 5.79. The SMILES string of the molecule is CN=C(NCCCC1CC1)N1CCN(Cc2ccccc2)CC1. The van der Waals surface area contributed by atoms with Crippen LogP contribution in [-0.2, 0) is 6.54 Å². The van der Waals surface area contributed by atoms with Crippen LogP contribution in [0.5, 0.6) is 0 Å². The van der Waals surface area contributed by atoms with Gasteiger partial charge >= 0.3 is 0 Å². The minimum Gasteiger partial charge on any atom is -0.356 e. The molecule has 4 nitrogen and oxygen atoms in total. The fourth-order valence-corrected chi connectivity index (χ4v) is 3.29. The molecule has 1 saturated carbocycles. The predicted octanol–water partition coefficient (Wildman–Crippen LogP) is 2.57. The fourth-order valence-electron chi connectivity index (χ4n) is 3.29. The second-order valence-corrected chi connectivity index (χ2v) is 6.81. The molecular weight excluding hydrogens is 284 g/mol. The Kier molecular flexibility index (Phi) is 5.92. The van der Waals surface area contributed by atoms with Crippen LogP contribution in [0.25, 0.3) is 0 Å². The maximum atomic E-state index is 4.47. The van der Waals surface area contributed by atoms with E-state index in [0.717, 1.165) is 51.1 Å². The van der Waals surface area contributed by atoms with Gasteiger partial charge in [0.25, 0.3) is 0 Å². The zero-order chi connectivity index (χ0) is 15.9. The summed E-state index contributed by atoms with van der Waals surface area (Å²) in [6.45, 7) is 6.47. The highest BCUT2D eigenvalue weighted by Crippen LogP contribution is 2.33. The van der Waals surface area contributed by atoms with Crippen LogP contribution in [0.3, 0.4) is 0 Å². The number of nitrogens with zero attached hydrogens (tertiary/aromatic N) is 3. The minimum absolute atomic E-state index is 1.03. The van der Waals surface area contributed by atoms with Crippen LogP contribution >= 0.6 is 0 Å². The molecule has 126 valence electrons. The molecule has 2 fully saturated rings. The summed E-state index contributed by atoms with van der Waals surface area (Å²) >= 11 is 0. The van der Waals surface area contributed by atoms with Crippen molar-refractivity contribution < 1.29 is 0 Å². The average molecular weight is 314 g/mol. The molecule has 1 aromatic carbocycles. The van der Waals surface area contributed by atoms with Gasteiger partial charge < -0.3 is 10.2 Å². The number of hydrogen-bond donors (Lipinski definition) is 1. The van der Waals surface area contributed by atoms with Gasteiger partial charge in [0.05, 0.1) is 0 Å². The molecule has 1 aliphatic carbocycles. The molecule has 1 saturated heterocycles. The third-order valence-corrected chi connectivity index (χ3v) is 4.90. The van der Waals surface area contributed by atoms with Crippen LogP contribution in [0.15, 0.2) is 35.3 Å². The zero-order valence-corrected chi connectivity index (χ0v) is 14.4. The normalized spacial score (nSPS) is 19.9. The van der Waals surface area contributed by atoms with Crippen LogP contribution in [0, 0.1) is 5.92 Å². The Bertz CT molecular complexity index is 487. The minimum atomic E-state index is 1.03. The molecule has 1 N–H and O–H groups in total. The van der Waals surface area contributed by atoms with Crippen LogP contribution in [0.2, 0.25) is 0 Å². The number of hydrogen-bond acceptors (Lipinski definition) is 2. The van der Waals surface area contributed by atoms with Gasteiger partial charge in [-0.05, 0) is 24.3 Å². The number of piperazine rings is 1. The topological polar surface area (TPSA) is 30.9 Å². The van der Waals surface area contributed by atoms with Crippen molar-refractivity contribution in [2.45, 2.75) is 32.2 Å². The maximum Gasteiger partial charge on any atom is 0.193 e. The van der Waals surface area contributed by atoms with Crippen molar-refractivity contribution in [3.8, 4) is 0 Å². The van der Waals surface area contributed by atoms with Gasteiger partial charge in [-0.1, -0.05) is 43.2 Å². The lowest BCUT2D eigenvalue weighted by Crippen LogP contribution is -2.52. The van der Waals surface area contributed by atoms with Gasteiger partial charge in [0, 0.05) is 46.3 Å². The lowest BCUT2D eigenvalue weighted by molar-refractivity contribution is 0.172. The molecule has 0 atom stereocenters. The van der Waals surface area contributed by atoms with Crippen molar-refractivity contribution in [1.29, 1.82) is 0 Å². The Morgan fingerprint density at radius 1 is 1.13 bits per heavy atom. The van der Waals surface area contributed by atoms with E-state index < -0.39 is 0 Å². The van der Waals surface area contributed by atoms with Crippen LogP contribution < -0.4 is 5.32 Å². The first-order valence-corrected chi connectivity index (χ1v) is 9.07. The van der Waals surface area contributed by atoms with Crippen LogP contribution in [0.1, 0.15) is 31.2 Å². The number of nitrogens with one attached hydrogen (secondary N) is 1. The van der Waals surface area contributed by atoms with Crippen molar-refractivity contribution in [2.75, 3.05) is 39.8 Å². The summed E-state index contributed by atoms with van der Waals surface area (Å²) in [6.07, 6.45) is 5.57. The Balaban J connectivity index is 1.38. The zero-order valence-electron chi connectivity index (χ0n) is 14.4. The Labute approximate surface area is 140 Å². The molecule has 1 aliphatic heterocycles. The summed E-state index contributed by atoms with van der Waals surface area (Å²) in [5.41, 5.74) is 1.41. The second kappa shape index (κ2) is 8.34. The lowest BCUT2D eigenvalue weighted by Gasteiger charge is -2.36. The van der Waals surface area contributed by atoms with E-state index in [1.165, 1.54) is 31.2 Å². The van der Waals surface area contributed by atoms with E-state index in [1.807, 2.05) is 7.05 Å². The first kappa shape index (κ1) is 16.3. The summed E-state index contributed by atoms with van der Waals surface area (Å²) in [4.78, 5) is 9.40. The van der Waals surface area contributed by atoms with Gasteiger partial charge in [0.15, 0.2) is 5.96 Å². The van der Waals surface area contributed by atoms with E-state index in [2.05, 4.69) is 50.4 Å². The first-order chi connectivity index (χ1) is 11.3. The van der Waals surface area contributed by atoms with Gasteiger partial charge in [0.2, 0.25) is 0 Å². The van der Waals surface area contributed by atoms with Gasteiger partial charge in [-0.15, -0.1) is 0 Å². The predicted molar refractivity (Wildman–Crippen MR) is 96.6 cm³/mol. The van der Waals surface area contributed by atoms with Gasteiger partial charge in [-0.3, -0.25) is 9.89 Å². The monoisotopic (exact) mass is 314 g/mol. The second-order valence-electron chi connectivity index (χ2n) is 6.81. The number of rotatable bonds is 6. The lowest BCUT2D eigenvalue weighted by atomic mass is 10.2. The molecule has 1 aromatic rings. The van der Waals surface area contributed by atoms with E-state index in [-0.39, 0.29) is 0 Å². The summed E-state index contributed by atoms with van der Waals surface area (Å²) in [5.74, 6) is 2.11. The van der Waals surface area contributed by atoms with Gasteiger partial charge in [-0.25, -0.2) is 0 Å². The quantitative estimate of drug-likeness (QED) is 0.497. The van der Waals surface area contributed by atoms with Crippen molar-refractivity contribution in [2.24, 2.45) is 10.9 Å². The van der Waals surface area contributed by atoms with Gasteiger partial charge in [-0.2, -0.15) is 0 Å². The number of benzene rings is 1. The number of guanidine groups is 1. The summed E-state index contributed by atoms with van der Waals surface area (Å²) in [5, 5.41) is 3.54. The van der Waals surface area contributed by atoms with Crippen molar-refractivity contribution in [3.63, 3.8) is 0 Å². The highest BCUT2D eigenvalue weighted by Gasteiger charge is 2.21. The van der Waals surface area contributed by atoms with E-state index >= 15 is 0 Å². The van der Waals surface area contributed by atoms with E-state index in [0.29, 0.717) is 0 Å². The van der Waals surface area contributed by atoms with Crippen molar-refractivity contribution in [1.82, 2.24) is 15.1 Å². The molecule has 1 heterocycles. The third-order valence-electron chi connectivity index (χ3n) is 4.90. The molecule has 3 rings (SSSR count). The molecule has 0 unspecified atom stereocenters. The summed E-state index contributed by atoms with van der Waals surface area (Å²) in [6, 6.07) is 10.8. The molecule has 0 bridgehead atoms. The van der Waals surface area contributed by atoms with Crippen molar-refractivity contribution in [3.05, 3.63) is 35.9 Å². The van der Waals surface area contributed by atoms with E-state index in [1.54, 1.807) is 0 Å². The van der Waals surface area contributed by atoms with Crippen molar-refractivity contribution >= 4 is 5.96 Å². The molecule has 2 aliphatic rings. The maximum absolute atomic E-state index is 4.47. The first-order valence-electron chi connectivity index (χ1n) is 9.07.